The third kappa shape index (κ3) is 6.55. The number of hydrogen-bond acceptors (Lipinski definition) is 4. The van der Waals surface area contributed by atoms with Crippen LogP contribution < -0.4 is 4.74 Å². The molecule has 1 spiro atoms. The number of aryl methyl sites for hydroxylation is 1. The number of likely N-dealkylation sites (tertiary alicyclic amines) is 1. The van der Waals surface area contributed by atoms with Gasteiger partial charge < -0.3 is 9.64 Å². The largest absolute Gasteiger partial charge is 0.492 e. The van der Waals surface area contributed by atoms with Crippen molar-refractivity contribution in [3.8, 4) is 5.75 Å². The Bertz CT molecular complexity index is 1180. The summed E-state index contributed by atoms with van der Waals surface area (Å²) >= 11 is 0. The number of fused-ring (bicyclic) bond motifs is 1. The predicted octanol–water partition coefficient (Wildman–Crippen LogP) is 5.75. The van der Waals surface area contributed by atoms with Crippen molar-refractivity contribution in [2.45, 2.75) is 45.1 Å². The highest BCUT2D eigenvalue weighted by molar-refractivity contribution is 5.94. The molecule has 5 rings (SSSR count). The first kappa shape index (κ1) is 25.4. The van der Waals surface area contributed by atoms with Crippen LogP contribution in [-0.4, -0.2) is 53.5 Å². The zero-order valence-electron chi connectivity index (χ0n) is 21.4. The lowest BCUT2D eigenvalue weighted by molar-refractivity contribution is 0.0360. The van der Waals surface area contributed by atoms with E-state index in [2.05, 4.69) is 34.1 Å². The van der Waals surface area contributed by atoms with E-state index in [1.54, 1.807) is 12.1 Å². The van der Waals surface area contributed by atoms with Crippen molar-refractivity contribution in [3.63, 3.8) is 0 Å². The number of pyridine rings is 1. The smallest absolute Gasteiger partial charge is 0.253 e. The molecule has 3 heterocycles. The second-order valence-corrected chi connectivity index (χ2v) is 10.5. The monoisotopic (exact) mass is 501 g/mol. The van der Waals surface area contributed by atoms with E-state index in [0.717, 1.165) is 63.9 Å². The van der Waals surface area contributed by atoms with Crippen LogP contribution in [0.15, 0.2) is 73.1 Å². The topological polar surface area (TPSA) is 45.7 Å². The van der Waals surface area contributed by atoms with Gasteiger partial charge in [0.05, 0.1) is 0 Å². The minimum absolute atomic E-state index is 0.0697. The Morgan fingerprint density at radius 3 is 2.65 bits per heavy atom. The first-order valence-electron chi connectivity index (χ1n) is 13.5. The molecule has 0 atom stereocenters. The third-order valence-electron chi connectivity index (χ3n) is 7.91. The molecule has 2 aromatic carbocycles. The molecule has 194 valence electrons. The maximum absolute atomic E-state index is 13.7. The lowest BCUT2D eigenvalue weighted by Crippen LogP contribution is -2.48. The van der Waals surface area contributed by atoms with Crippen LogP contribution in [-0.2, 0) is 13.0 Å². The first-order chi connectivity index (χ1) is 18.1. The van der Waals surface area contributed by atoms with Crippen LogP contribution in [0.25, 0.3) is 0 Å². The van der Waals surface area contributed by atoms with Crippen molar-refractivity contribution in [1.29, 1.82) is 0 Å². The number of halogens is 1. The van der Waals surface area contributed by atoms with Gasteiger partial charge in [0.2, 0.25) is 0 Å². The van der Waals surface area contributed by atoms with Crippen molar-refractivity contribution >= 4 is 5.91 Å². The fourth-order valence-corrected chi connectivity index (χ4v) is 5.86. The molecule has 2 aliphatic heterocycles. The normalized spacial score (nSPS) is 18.8. The lowest BCUT2D eigenvalue weighted by atomic mass is 9.73. The molecule has 0 bridgehead atoms. The Labute approximate surface area is 219 Å². The molecule has 5 nitrogen and oxygen atoms in total. The maximum Gasteiger partial charge on any atom is 0.253 e. The Morgan fingerprint density at radius 1 is 0.973 bits per heavy atom. The van der Waals surface area contributed by atoms with E-state index in [-0.39, 0.29) is 17.1 Å². The fraction of sp³-hybridized carbons (Fsp3) is 0.419. The van der Waals surface area contributed by atoms with E-state index in [0.29, 0.717) is 25.3 Å². The Balaban J connectivity index is 1.32. The van der Waals surface area contributed by atoms with E-state index >= 15 is 0 Å². The van der Waals surface area contributed by atoms with E-state index in [4.69, 9.17) is 4.74 Å². The highest BCUT2D eigenvalue weighted by Gasteiger charge is 2.37. The van der Waals surface area contributed by atoms with Crippen LogP contribution in [0.5, 0.6) is 5.75 Å². The molecule has 0 aliphatic carbocycles. The van der Waals surface area contributed by atoms with E-state index < -0.39 is 0 Å². The number of rotatable bonds is 3. The van der Waals surface area contributed by atoms with Crippen LogP contribution in [0.3, 0.4) is 0 Å². The predicted molar refractivity (Wildman–Crippen MR) is 143 cm³/mol. The summed E-state index contributed by atoms with van der Waals surface area (Å²) in [6.45, 7) is 4.67. The molecule has 2 aliphatic rings. The minimum atomic E-state index is -0.367. The summed E-state index contributed by atoms with van der Waals surface area (Å²) in [4.78, 5) is 21.8. The van der Waals surface area contributed by atoms with Gasteiger partial charge in [0, 0.05) is 50.7 Å². The van der Waals surface area contributed by atoms with Gasteiger partial charge in [-0.2, -0.15) is 0 Å². The van der Waals surface area contributed by atoms with Gasteiger partial charge in [-0.15, -0.1) is 0 Å². The van der Waals surface area contributed by atoms with Gasteiger partial charge in [-0.1, -0.05) is 36.8 Å². The number of hydrogen-bond donors (Lipinski definition) is 0. The summed E-state index contributed by atoms with van der Waals surface area (Å²) in [6.07, 6.45) is 10.1. The van der Waals surface area contributed by atoms with Gasteiger partial charge in [-0.3, -0.25) is 14.7 Å². The Kier molecular flexibility index (Phi) is 8.15. The van der Waals surface area contributed by atoms with Gasteiger partial charge in [0.1, 0.15) is 18.2 Å². The van der Waals surface area contributed by atoms with Crippen LogP contribution in [0, 0.1) is 11.2 Å². The van der Waals surface area contributed by atoms with E-state index in [9.17, 15) is 9.18 Å². The highest BCUT2D eigenvalue weighted by Crippen LogP contribution is 2.39. The number of ether oxygens (including phenoxy) is 1. The minimum Gasteiger partial charge on any atom is -0.492 e. The number of nitrogens with zero attached hydrogens (tertiary/aromatic N) is 3. The van der Waals surface area contributed by atoms with Crippen molar-refractivity contribution in [2.75, 3.05) is 32.8 Å². The number of benzene rings is 2. The summed E-state index contributed by atoms with van der Waals surface area (Å²) in [5.74, 6) is 0.566. The molecular formula is C31H36FN3O2. The maximum atomic E-state index is 13.7. The standard InChI is InChI=1S/C31H36FN3O2/c32-28-11-5-10-27(21-28)30(36)35-17-14-31(15-18-35)13-4-3-9-26-8-1-2-12-29(26)37-20-19-34(24-31)23-25-7-6-16-33-22-25/h1-2,5-8,10-12,16,21-22H,3-4,9,13-15,17-20,23-24H2. The third-order valence-corrected chi connectivity index (χ3v) is 7.91. The Hall–Kier alpha value is -3.25. The van der Waals surface area contributed by atoms with Gasteiger partial charge in [-0.05, 0) is 79.0 Å². The van der Waals surface area contributed by atoms with Crippen molar-refractivity contribution in [1.82, 2.24) is 14.8 Å². The van der Waals surface area contributed by atoms with Crippen molar-refractivity contribution in [3.05, 3.63) is 95.6 Å². The molecule has 3 aromatic rings. The average Bonchev–Trinajstić information content (AvgIpc) is 2.92. The number of amides is 1. The highest BCUT2D eigenvalue weighted by atomic mass is 19.1. The number of carbonyl (C=O) groups is 1. The Morgan fingerprint density at radius 2 is 1.84 bits per heavy atom. The molecule has 0 radical (unpaired) electrons. The number of carbonyl (C=O) groups excluding carboxylic acids is 1. The second-order valence-electron chi connectivity index (χ2n) is 10.5. The molecule has 1 saturated heterocycles. The molecule has 37 heavy (non-hydrogen) atoms. The van der Waals surface area contributed by atoms with Crippen LogP contribution in [0.4, 0.5) is 4.39 Å². The fourth-order valence-electron chi connectivity index (χ4n) is 5.86. The van der Waals surface area contributed by atoms with Gasteiger partial charge in [0.25, 0.3) is 5.91 Å². The summed E-state index contributed by atoms with van der Waals surface area (Å²) in [7, 11) is 0. The quantitative estimate of drug-likeness (QED) is 0.458. The summed E-state index contributed by atoms with van der Waals surface area (Å²) in [5.41, 5.74) is 3.05. The van der Waals surface area contributed by atoms with E-state index in [1.165, 1.54) is 23.3 Å². The van der Waals surface area contributed by atoms with E-state index in [1.807, 2.05) is 29.4 Å². The van der Waals surface area contributed by atoms with Crippen LogP contribution >= 0.6 is 0 Å². The molecule has 0 N–H and O–H groups in total. The molecule has 6 heteroatoms. The number of aromatic nitrogens is 1. The summed E-state index contributed by atoms with van der Waals surface area (Å²) < 4.78 is 20.0. The molecule has 1 fully saturated rings. The van der Waals surface area contributed by atoms with Crippen molar-refractivity contribution in [2.24, 2.45) is 5.41 Å². The molecule has 0 saturated carbocycles. The van der Waals surface area contributed by atoms with Gasteiger partial charge >= 0.3 is 0 Å². The van der Waals surface area contributed by atoms with Crippen molar-refractivity contribution < 1.29 is 13.9 Å². The summed E-state index contributed by atoms with van der Waals surface area (Å²) in [5, 5.41) is 0. The summed E-state index contributed by atoms with van der Waals surface area (Å²) in [6, 6.07) is 18.6. The second kappa shape index (κ2) is 11.9. The zero-order valence-corrected chi connectivity index (χ0v) is 21.4. The molecule has 0 unspecified atom stereocenters. The SMILES string of the molecule is O=C(c1cccc(F)c1)N1CCC2(CCCCc3ccccc3OCCN(Cc3cccnc3)C2)CC1. The average molecular weight is 502 g/mol. The van der Waals surface area contributed by atoms with Crippen LogP contribution in [0.2, 0.25) is 0 Å². The van der Waals surface area contributed by atoms with Crippen LogP contribution in [0.1, 0.15) is 53.6 Å². The zero-order chi connectivity index (χ0) is 25.5. The molecular weight excluding hydrogens is 465 g/mol. The van der Waals surface area contributed by atoms with Gasteiger partial charge in [-0.25, -0.2) is 4.39 Å². The molecule has 1 aromatic heterocycles. The first-order valence-corrected chi connectivity index (χ1v) is 13.5. The molecule has 1 amide bonds. The number of piperidine rings is 1. The number of para-hydroxylation sites is 1. The van der Waals surface area contributed by atoms with Gasteiger partial charge in [0.15, 0.2) is 0 Å². The lowest BCUT2D eigenvalue weighted by Gasteiger charge is -2.45.